The number of carbonyl (C=O) groups is 1. The molecule has 4 atom stereocenters. The molecule has 2 saturated heterocycles. The number of piperidine rings is 1. The Morgan fingerprint density at radius 1 is 1.29 bits per heavy atom. The van der Waals surface area contributed by atoms with Gasteiger partial charge in [0.25, 0.3) is 0 Å². The lowest BCUT2D eigenvalue weighted by Crippen LogP contribution is -2.56. The lowest BCUT2D eigenvalue weighted by atomic mass is 9.85. The zero-order chi connectivity index (χ0) is 24.2. The fourth-order valence-electron chi connectivity index (χ4n) is 5.74. The number of nitrogens with zero attached hydrogens (tertiary/aromatic N) is 2. The number of aliphatic hydroxyl groups is 1. The molecule has 184 valence electrons. The summed E-state index contributed by atoms with van der Waals surface area (Å²) in [5.41, 5.74) is 0.844. The molecule has 6 nitrogen and oxygen atoms in total. The molecule has 0 radical (unpaired) electrons. The number of amides is 1. The maximum Gasteiger partial charge on any atom is 0.229 e. The van der Waals surface area contributed by atoms with Gasteiger partial charge in [0, 0.05) is 33.3 Å². The number of aromatic nitrogens is 1. The SMILES string of the molecule is C[C@@]1(N2CCC(c3cc4cc(NC(=O)C5CC5c5cccs5)ncc4cc3Cl)CC2)COC[C@@H]1O. The van der Waals surface area contributed by atoms with Crippen molar-refractivity contribution in [3.8, 4) is 0 Å². The lowest BCUT2D eigenvalue weighted by molar-refractivity contribution is -0.117. The van der Waals surface area contributed by atoms with Crippen molar-refractivity contribution >= 4 is 45.4 Å². The quantitative estimate of drug-likeness (QED) is 0.503. The highest BCUT2D eigenvalue weighted by atomic mass is 35.5. The molecule has 3 aliphatic rings. The number of aliphatic hydroxyl groups excluding tert-OH is 1. The maximum absolute atomic E-state index is 12.8. The van der Waals surface area contributed by atoms with Gasteiger partial charge in [-0.25, -0.2) is 4.98 Å². The van der Waals surface area contributed by atoms with Crippen molar-refractivity contribution in [3.05, 3.63) is 57.4 Å². The number of rotatable bonds is 5. The number of fused-ring (bicyclic) bond motifs is 1. The summed E-state index contributed by atoms with van der Waals surface area (Å²) < 4.78 is 5.54. The van der Waals surface area contributed by atoms with Crippen molar-refractivity contribution in [2.45, 2.75) is 49.7 Å². The Balaban J connectivity index is 1.15. The molecule has 2 aliphatic heterocycles. The molecule has 0 bridgehead atoms. The summed E-state index contributed by atoms with van der Waals surface area (Å²) in [6.07, 6.45) is 4.21. The van der Waals surface area contributed by atoms with Crippen LogP contribution in [0.25, 0.3) is 10.8 Å². The van der Waals surface area contributed by atoms with E-state index in [0.29, 0.717) is 30.9 Å². The molecule has 2 aromatic heterocycles. The van der Waals surface area contributed by atoms with Crippen LogP contribution < -0.4 is 5.32 Å². The normalized spacial score (nSPS) is 29.5. The minimum absolute atomic E-state index is 0.0303. The first-order valence-corrected chi connectivity index (χ1v) is 13.6. The highest BCUT2D eigenvalue weighted by Gasteiger charge is 2.45. The summed E-state index contributed by atoms with van der Waals surface area (Å²) in [4.78, 5) is 20.9. The van der Waals surface area contributed by atoms with Gasteiger partial charge >= 0.3 is 0 Å². The van der Waals surface area contributed by atoms with E-state index in [0.717, 1.165) is 53.7 Å². The van der Waals surface area contributed by atoms with Gasteiger partial charge < -0.3 is 15.2 Å². The molecular formula is C27H30ClN3O3S. The van der Waals surface area contributed by atoms with Gasteiger partial charge in [-0.05, 0) is 85.8 Å². The van der Waals surface area contributed by atoms with Crippen LogP contribution in [0.15, 0.2) is 41.9 Å². The molecule has 35 heavy (non-hydrogen) atoms. The number of benzene rings is 1. The Bertz CT molecular complexity index is 1240. The van der Waals surface area contributed by atoms with Crippen LogP contribution in [-0.2, 0) is 9.53 Å². The number of hydrogen-bond donors (Lipinski definition) is 2. The van der Waals surface area contributed by atoms with Crippen LogP contribution in [-0.4, -0.2) is 58.8 Å². The number of likely N-dealkylation sites (tertiary alicyclic amines) is 1. The van der Waals surface area contributed by atoms with E-state index in [2.05, 4.69) is 39.6 Å². The smallest absolute Gasteiger partial charge is 0.229 e. The largest absolute Gasteiger partial charge is 0.389 e. The summed E-state index contributed by atoms with van der Waals surface area (Å²) in [5, 5.41) is 18.3. The topological polar surface area (TPSA) is 74.7 Å². The van der Waals surface area contributed by atoms with Crippen LogP contribution in [0.2, 0.25) is 5.02 Å². The summed E-state index contributed by atoms with van der Waals surface area (Å²) in [7, 11) is 0. The fraction of sp³-hybridized carbons (Fsp3) is 0.481. The molecule has 1 amide bonds. The summed E-state index contributed by atoms with van der Waals surface area (Å²) in [6, 6.07) is 10.3. The molecule has 1 saturated carbocycles. The highest BCUT2D eigenvalue weighted by Crippen LogP contribution is 2.49. The van der Waals surface area contributed by atoms with Gasteiger partial charge in [0.05, 0.1) is 24.9 Å². The lowest BCUT2D eigenvalue weighted by Gasteiger charge is -2.43. The van der Waals surface area contributed by atoms with E-state index in [1.165, 1.54) is 4.88 Å². The standard InChI is InChI=1S/C27H30ClN3O3S/c1-27(15-34-14-24(27)32)31-6-4-16(5-7-31)19-9-17-11-25(29-13-18(17)10-22(19)28)30-26(33)21-12-20(21)23-3-2-8-35-23/h2-3,8-11,13,16,20-21,24,32H,4-7,12,14-15H2,1H3,(H,29,30,33)/t20?,21?,24-,27+/m0/s1. The molecule has 2 N–H and O–H groups in total. The second-order valence-electron chi connectivity index (χ2n) is 10.4. The van der Waals surface area contributed by atoms with Crippen LogP contribution in [0.3, 0.4) is 0 Å². The first-order chi connectivity index (χ1) is 16.9. The number of nitrogens with one attached hydrogen (secondary N) is 1. The molecule has 8 heteroatoms. The summed E-state index contributed by atoms with van der Waals surface area (Å²) in [5.74, 6) is 1.36. The molecule has 2 unspecified atom stereocenters. The Kier molecular flexibility index (Phi) is 6.09. The average Bonchev–Trinajstić information content (AvgIpc) is 3.32. The second kappa shape index (κ2) is 9.12. The fourth-order valence-corrected chi connectivity index (χ4v) is 6.97. The third-order valence-electron chi connectivity index (χ3n) is 8.17. The van der Waals surface area contributed by atoms with Crippen LogP contribution in [0.1, 0.15) is 48.5 Å². The molecule has 6 rings (SSSR count). The third-order valence-corrected chi connectivity index (χ3v) is 9.50. The first kappa shape index (κ1) is 23.4. The minimum atomic E-state index is -0.444. The van der Waals surface area contributed by atoms with E-state index >= 15 is 0 Å². The van der Waals surface area contributed by atoms with Gasteiger partial charge in [0.15, 0.2) is 0 Å². The first-order valence-electron chi connectivity index (χ1n) is 12.4. The zero-order valence-electron chi connectivity index (χ0n) is 19.7. The summed E-state index contributed by atoms with van der Waals surface area (Å²) >= 11 is 8.44. The van der Waals surface area contributed by atoms with Crippen LogP contribution in [0, 0.1) is 5.92 Å². The molecule has 0 spiro atoms. The maximum atomic E-state index is 12.8. The third kappa shape index (κ3) is 4.38. The number of thiophene rings is 1. The highest BCUT2D eigenvalue weighted by molar-refractivity contribution is 7.10. The minimum Gasteiger partial charge on any atom is -0.389 e. The van der Waals surface area contributed by atoms with Crippen molar-refractivity contribution in [1.29, 1.82) is 0 Å². The van der Waals surface area contributed by atoms with Gasteiger partial charge in [-0.1, -0.05) is 17.7 Å². The number of carbonyl (C=O) groups excluding carboxylic acids is 1. The Morgan fingerprint density at radius 3 is 2.83 bits per heavy atom. The number of ether oxygens (including phenoxy) is 1. The predicted molar refractivity (Wildman–Crippen MR) is 139 cm³/mol. The van der Waals surface area contributed by atoms with Crippen molar-refractivity contribution in [3.63, 3.8) is 0 Å². The summed E-state index contributed by atoms with van der Waals surface area (Å²) in [6.45, 7) is 4.89. The van der Waals surface area contributed by atoms with Crippen LogP contribution >= 0.6 is 22.9 Å². The monoisotopic (exact) mass is 511 g/mol. The van der Waals surface area contributed by atoms with Gasteiger partial charge in [-0.2, -0.15) is 0 Å². The second-order valence-corrected chi connectivity index (χ2v) is 11.8. The van der Waals surface area contributed by atoms with Crippen molar-refractivity contribution in [1.82, 2.24) is 9.88 Å². The van der Waals surface area contributed by atoms with E-state index < -0.39 is 6.10 Å². The van der Waals surface area contributed by atoms with E-state index in [-0.39, 0.29) is 17.4 Å². The molecule has 3 fully saturated rings. The molecule has 4 heterocycles. The van der Waals surface area contributed by atoms with Crippen molar-refractivity contribution < 1.29 is 14.6 Å². The van der Waals surface area contributed by atoms with E-state index in [1.54, 1.807) is 17.5 Å². The number of halogens is 1. The van der Waals surface area contributed by atoms with Gasteiger partial charge in [0.2, 0.25) is 5.91 Å². The average molecular weight is 512 g/mol. The Labute approximate surface area is 214 Å². The van der Waals surface area contributed by atoms with Crippen molar-refractivity contribution in [2.75, 3.05) is 31.6 Å². The van der Waals surface area contributed by atoms with Gasteiger partial charge in [-0.15, -0.1) is 11.3 Å². The Hall–Kier alpha value is -2.03. The van der Waals surface area contributed by atoms with Gasteiger partial charge in [0.1, 0.15) is 5.82 Å². The number of pyridine rings is 1. The number of hydrogen-bond acceptors (Lipinski definition) is 6. The zero-order valence-corrected chi connectivity index (χ0v) is 21.3. The van der Waals surface area contributed by atoms with E-state index in [9.17, 15) is 9.90 Å². The predicted octanol–water partition coefficient (Wildman–Crippen LogP) is 5.02. The Morgan fingerprint density at radius 2 is 2.11 bits per heavy atom. The molecule has 1 aromatic carbocycles. The van der Waals surface area contributed by atoms with E-state index in [1.807, 2.05) is 18.2 Å². The van der Waals surface area contributed by atoms with Gasteiger partial charge in [-0.3, -0.25) is 9.69 Å². The molecule has 3 aromatic rings. The van der Waals surface area contributed by atoms with Crippen molar-refractivity contribution in [2.24, 2.45) is 5.92 Å². The number of anilines is 1. The van der Waals surface area contributed by atoms with Crippen LogP contribution in [0.5, 0.6) is 0 Å². The molecular weight excluding hydrogens is 482 g/mol. The molecule has 1 aliphatic carbocycles. The van der Waals surface area contributed by atoms with E-state index in [4.69, 9.17) is 16.3 Å². The van der Waals surface area contributed by atoms with Crippen LogP contribution in [0.4, 0.5) is 5.82 Å².